The van der Waals surface area contributed by atoms with Gasteiger partial charge in [0.25, 0.3) is 0 Å². The van der Waals surface area contributed by atoms with E-state index in [-0.39, 0.29) is 11.8 Å². The predicted molar refractivity (Wildman–Crippen MR) is 107 cm³/mol. The molecular formula is C15H25N6O5PS. The third kappa shape index (κ3) is 4.13. The fourth-order valence-electron chi connectivity index (χ4n) is 3.30. The summed E-state index contributed by atoms with van der Waals surface area (Å²) in [6.45, 7) is 0.677. The van der Waals surface area contributed by atoms with E-state index in [1.165, 1.54) is 20.5 Å². The van der Waals surface area contributed by atoms with Crippen LogP contribution in [-0.4, -0.2) is 56.9 Å². The van der Waals surface area contributed by atoms with Crippen molar-refractivity contribution < 1.29 is 23.4 Å². The van der Waals surface area contributed by atoms with Gasteiger partial charge in [-0.2, -0.15) is 9.97 Å². The van der Waals surface area contributed by atoms with Crippen LogP contribution in [0.1, 0.15) is 26.5 Å². The van der Waals surface area contributed by atoms with Crippen LogP contribution in [0.2, 0.25) is 0 Å². The molecule has 0 saturated carbocycles. The number of fused-ring (bicyclic) bond motifs is 1. The summed E-state index contributed by atoms with van der Waals surface area (Å²) < 4.78 is 24.3. The molecule has 3 rings (SSSR count). The number of hydrogen-bond acceptors (Lipinski definition) is 10. The Hall–Kier alpha value is -1.40. The van der Waals surface area contributed by atoms with Gasteiger partial charge in [0.05, 0.1) is 12.4 Å². The molecule has 13 heteroatoms. The monoisotopic (exact) mass is 432 g/mol. The van der Waals surface area contributed by atoms with Crippen LogP contribution in [0, 0.1) is 5.92 Å². The van der Waals surface area contributed by atoms with Crippen molar-refractivity contribution in [2.24, 2.45) is 5.92 Å². The first-order valence-corrected chi connectivity index (χ1v) is 11.3. The van der Waals surface area contributed by atoms with Crippen molar-refractivity contribution in [1.82, 2.24) is 19.5 Å². The van der Waals surface area contributed by atoms with E-state index in [9.17, 15) is 4.89 Å². The van der Waals surface area contributed by atoms with Crippen molar-refractivity contribution in [1.29, 1.82) is 0 Å². The van der Waals surface area contributed by atoms with Crippen LogP contribution >= 0.6 is 6.72 Å². The lowest BCUT2D eigenvalue weighted by atomic mass is 10.0. The highest BCUT2D eigenvalue weighted by atomic mass is 32.5. The van der Waals surface area contributed by atoms with Crippen LogP contribution in [0.5, 0.6) is 0 Å². The van der Waals surface area contributed by atoms with Crippen molar-refractivity contribution in [2.45, 2.75) is 44.8 Å². The quantitative estimate of drug-likeness (QED) is 0.541. The van der Waals surface area contributed by atoms with Gasteiger partial charge in [-0.1, -0.05) is 13.8 Å². The molecule has 1 aliphatic rings. The second kappa shape index (κ2) is 8.15. The minimum Gasteiger partial charge on any atom is -0.382 e. The van der Waals surface area contributed by atoms with Gasteiger partial charge in [0.15, 0.2) is 17.7 Å². The molecule has 11 nitrogen and oxygen atoms in total. The summed E-state index contributed by atoms with van der Waals surface area (Å²) in [5.41, 5.74) is 12.5. The first-order valence-electron chi connectivity index (χ1n) is 8.67. The van der Waals surface area contributed by atoms with Crippen molar-refractivity contribution in [2.75, 3.05) is 25.7 Å². The molecule has 0 aliphatic carbocycles. The molecule has 5 atom stereocenters. The van der Waals surface area contributed by atoms with Crippen LogP contribution < -0.4 is 11.5 Å². The number of imidazole rings is 1. The van der Waals surface area contributed by atoms with Crippen molar-refractivity contribution >= 4 is 41.5 Å². The average molecular weight is 432 g/mol. The SMILES string of the molecule is CO[C@H]1[C@@H](OP(O)(=S)OC)[C@@H](CC(C)C)O[C@H]1n1cnc2c(N)nc(N)nc21. The van der Waals surface area contributed by atoms with E-state index in [1.54, 1.807) is 4.57 Å². The van der Waals surface area contributed by atoms with Gasteiger partial charge in [-0.05, 0) is 24.1 Å². The first kappa shape index (κ1) is 21.3. The van der Waals surface area contributed by atoms with E-state index >= 15 is 0 Å². The molecule has 28 heavy (non-hydrogen) atoms. The van der Waals surface area contributed by atoms with E-state index < -0.39 is 31.3 Å². The van der Waals surface area contributed by atoms with Gasteiger partial charge < -0.3 is 30.4 Å². The zero-order valence-corrected chi connectivity index (χ0v) is 17.8. The summed E-state index contributed by atoms with van der Waals surface area (Å²) >= 11 is 5.04. The fraction of sp³-hybridized carbons (Fsp3) is 0.667. The van der Waals surface area contributed by atoms with Crippen LogP contribution in [-0.2, 0) is 30.3 Å². The third-order valence-electron chi connectivity index (χ3n) is 4.49. The maximum atomic E-state index is 10.2. The molecule has 5 N–H and O–H groups in total. The molecule has 1 unspecified atom stereocenters. The van der Waals surface area contributed by atoms with Gasteiger partial charge in [0.1, 0.15) is 17.7 Å². The minimum atomic E-state index is -3.44. The van der Waals surface area contributed by atoms with Gasteiger partial charge in [0.2, 0.25) is 5.95 Å². The van der Waals surface area contributed by atoms with Gasteiger partial charge in [0, 0.05) is 14.2 Å². The van der Waals surface area contributed by atoms with Crippen molar-refractivity contribution in [3.8, 4) is 0 Å². The Labute approximate surface area is 167 Å². The maximum absolute atomic E-state index is 10.2. The first-order chi connectivity index (χ1) is 13.2. The molecule has 0 amide bonds. The van der Waals surface area contributed by atoms with Crippen molar-refractivity contribution in [3.63, 3.8) is 0 Å². The van der Waals surface area contributed by atoms with Gasteiger partial charge in [-0.3, -0.25) is 9.09 Å². The predicted octanol–water partition coefficient (Wildman–Crippen LogP) is 1.20. The molecule has 0 bridgehead atoms. The molecule has 156 valence electrons. The Morgan fingerprint density at radius 2 is 2.04 bits per heavy atom. The van der Waals surface area contributed by atoms with Gasteiger partial charge in [-0.25, -0.2) is 4.98 Å². The van der Waals surface area contributed by atoms with Crippen LogP contribution in [0.4, 0.5) is 11.8 Å². The largest absolute Gasteiger partial charge is 0.382 e. The van der Waals surface area contributed by atoms with E-state index in [4.69, 9.17) is 41.8 Å². The number of anilines is 2. The summed E-state index contributed by atoms with van der Waals surface area (Å²) in [5.74, 6) is 0.500. The Kier molecular flexibility index (Phi) is 6.20. The lowest BCUT2D eigenvalue weighted by molar-refractivity contribution is -0.0518. The maximum Gasteiger partial charge on any atom is 0.324 e. The average Bonchev–Trinajstić information content (AvgIpc) is 3.16. The molecule has 1 saturated heterocycles. The summed E-state index contributed by atoms with van der Waals surface area (Å²) in [5, 5.41) is 0. The number of rotatable bonds is 7. The highest BCUT2D eigenvalue weighted by Gasteiger charge is 2.49. The topological polar surface area (TPSA) is 153 Å². The molecule has 2 aromatic heterocycles. The molecule has 0 spiro atoms. The molecule has 0 radical (unpaired) electrons. The van der Waals surface area contributed by atoms with Gasteiger partial charge in [-0.15, -0.1) is 0 Å². The summed E-state index contributed by atoms with van der Waals surface area (Å²) in [7, 11) is 2.83. The zero-order valence-electron chi connectivity index (χ0n) is 16.1. The number of nitrogens with zero attached hydrogens (tertiary/aromatic N) is 4. The van der Waals surface area contributed by atoms with Gasteiger partial charge >= 0.3 is 6.72 Å². The van der Waals surface area contributed by atoms with E-state index in [0.29, 0.717) is 23.5 Å². The van der Waals surface area contributed by atoms with Crippen LogP contribution in [0.15, 0.2) is 6.33 Å². The molecule has 3 heterocycles. The molecular weight excluding hydrogens is 407 g/mol. The molecule has 2 aromatic rings. The molecule has 1 aliphatic heterocycles. The van der Waals surface area contributed by atoms with E-state index in [1.807, 2.05) is 0 Å². The summed E-state index contributed by atoms with van der Waals surface area (Å²) in [6.07, 6.45) is -0.110. The van der Waals surface area contributed by atoms with E-state index in [0.717, 1.165) is 0 Å². The molecule has 0 aromatic carbocycles. The number of nitrogen functional groups attached to an aromatic ring is 2. The zero-order chi connectivity index (χ0) is 20.6. The normalized spacial score (nSPS) is 27.5. The number of methoxy groups -OCH3 is 1. The number of nitrogens with two attached hydrogens (primary N) is 2. The third-order valence-corrected chi connectivity index (χ3v) is 6.16. The van der Waals surface area contributed by atoms with Crippen LogP contribution in [0.25, 0.3) is 11.2 Å². The summed E-state index contributed by atoms with van der Waals surface area (Å²) in [6, 6.07) is 0. The Morgan fingerprint density at radius 3 is 2.64 bits per heavy atom. The fourth-order valence-corrected chi connectivity index (χ4v) is 4.25. The van der Waals surface area contributed by atoms with E-state index in [2.05, 4.69) is 28.8 Å². The summed E-state index contributed by atoms with van der Waals surface area (Å²) in [4.78, 5) is 22.6. The molecule has 1 fully saturated rings. The lowest BCUT2D eigenvalue weighted by Gasteiger charge is -2.26. The second-order valence-corrected chi connectivity index (χ2v) is 9.80. The minimum absolute atomic E-state index is 0.0236. The second-order valence-electron chi connectivity index (χ2n) is 6.91. The Morgan fingerprint density at radius 1 is 1.32 bits per heavy atom. The van der Waals surface area contributed by atoms with Crippen LogP contribution in [0.3, 0.4) is 0 Å². The highest BCUT2D eigenvalue weighted by molar-refractivity contribution is 8.07. The smallest absolute Gasteiger partial charge is 0.324 e. The lowest BCUT2D eigenvalue weighted by Crippen LogP contribution is -2.36. The number of aromatic nitrogens is 4. The number of ether oxygens (including phenoxy) is 2. The number of hydrogen-bond donors (Lipinski definition) is 3. The Bertz CT molecular complexity index is 895. The standard InChI is InChI=1S/C15H25N6O5PS/c1-7(2)5-8-10(26-27(22,28)24-4)11(23-3)14(25-8)21-6-18-9-12(16)19-15(17)20-13(9)21/h6-8,10-11,14H,5H2,1-4H3,(H,22,28)(H4,16,17,19,20)/t8-,10+,11+,14-,27?/m1/s1. The highest BCUT2D eigenvalue weighted by Crippen LogP contribution is 2.49. The Balaban J connectivity index is 2.02. The van der Waals surface area contributed by atoms with Crippen molar-refractivity contribution in [3.05, 3.63) is 6.33 Å².